The Morgan fingerprint density at radius 3 is 2.73 bits per heavy atom. The molecule has 0 amide bonds. The number of aromatic nitrogens is 4. The monoisotopic (exact) mass is 385 g/mol. The minimum Gasteiger partial charge on any atom is -0.267 e. The number of hydrogen-bond acceptors (Lipinski definition) is 4. The van der Waals surface area contributed by atoms with Gasteiger partial charge in [0.2, 0.25) is 0 Å². The number of hydrogen-bond donors (Lipinski definition) is 1. The van der Waals surface area contributed by atoms with E-state index in [2.05, 4.69) is 15.3 Å². The summed E-state index contributed by atoms with van der Waals surface area (Å²) in [5.41, 5.74) is 2.68. The third-order valence-electron chi connectivity index (χ3n) is 3.88. The van der Waals surface area contributed by atoms with Crippen LogP contribution in [0.4, 0.5) is 0 Å². The van der Waals surface area contributed by atoms with E-state index in [-0.39, 0.29) is 5.56 Å². The van der Waals surface area contributed by atoms with Crippen LogP contribution in [-0.4, -0.2) is 20.0 Å². The topological polar surface area (TPSA) is 87.4 Å². The Morgan fingerprint density at radius 2 is 2.04 bits per heavy atom. The Hall–Kier alpha value is -2.88. The lowest BCUT2D eigenvalue weighted by atomic mass is 10.1. The van der Waals surface area contributed by atoms with Crippen molar-refractivity contribution in [3.63, 3.8) is 0 Å². The van der Waals surface area contributed by atoms with Crippen molar-refractivity contribution in [2.24, 2.45) is 0 Å². The zero-order valence-corrected chi connectivity index (χ0v) is 15.4. The van der Waals surface area contributed by atoms with Crippen LogP contribution >= 0.6 is 23.2 Å². The quantitative estimate of drug-likeness (QED) is 0.739. The van der Waals surface area contributed by atoms with Gasteiger partial charge in [-0.25, -0.2) is 9.78 Å². The van der Waals surface area contributed by atoms with Gasteiger partial charge < -0.3 is 0 Å². The molecule has 0 fully saturated rings. The van der Waals surface area contributed by atoms with Gasteiger partial charge in [-0.05, 0) is 49.8 Å². The highest BCUT2D eigenvalue weighted by Gasteiger charge is 2.14. The van der Waals surface area contributed by atoms with Gasteiger partial charge in [0.25, 0.3) is 5.56 Å². The van der Waals surface area contributed by atoms with Crippen molar-refractivity contribution in [1.82, 2.24) is 20.0 Å². The van der Waals surface area contributed by atoms with Gasteiger partial charge in [-0.1, -0.05) is 29.3 Å². The molecule has 0 radical (unpaired) electrons. The van der Waals surface area contributed by atoms with Crippen LogP contribution in [0.2, 0.25) is 10.2 Å². The number of aryl methyl sites for hydroxylation is 1. The number of aromatic amines is 1. The minimum atomic E-state index is -0.509. The van der Waals surface area contributed by atoms with Gasteiger partial charge in [0.1, 0.15) is 16.8 Å². The van der Waals surface area contributed by atoms with E-state index in [0.29, 0.717) is 32.7 Å². The largest absolute Gasteiger partial charge is 0.282 e. The lowest BCUT2D eigenvalue weighted by molar-refractivity contribution is 0.863. The van der Waals surface area contributed by atoms with Gasteiger partial charge in [-0.2, -0.15) is 15.5 Å². The summed E-state index contributed by atoms with van der Waals surface area (Å²) in [5.74, 6) is 0. The van der Waals surface area contributed by atoms with E-state index in [9.17, 15) is 4.79 Å². The Labute approximate surface area is 159 Å². The molecule has 130 valence electrons. The summed E-state index contributed by atoms with van der Waals surface area (Å²) >= 11 is 12.5. The Balaban J connectivity index is 2.03. The van der Waals surface area contributed by atoms with Crippen LogP contribution in [0.5, 0.6) is 0 Å². The summed E-state index contributed by atoms with van der Waals surface area (Å²) in [6, 6.07) is 9.09. The van der Waals surface area contributed by atoms with E-state index in [1.165, 1.54) is 0 Å². The van der Waals surface area contributed by atoms with Gasteiger partial charge in [0.15, 0.2) is 0 Å². The molecule has 0 aliphatic heterocycles. The van der Waals surface area contributed by atoms with Crippen LogP contribution in [0.15, 0.2) is 29.1 Å². The highest BCUT2D eigenvalue weighted by atomic mass is 35.5. The molecule has 2 heterocycles. The Bertz CT molecular complexity index is 1120. The first-order chi connectivity index (χ1) is 12.4. The molecule has 8 heteroatoms. The van der Waals surface area contributed by atoms with E-state index < -0.39 is 5.56 Å². The van der Waals surface area contributed by atoms with Crippen molar-refractivity contribution < 1.29 is 0 Å². The maximum atomic E-state index is 11.6. The number of nitrogens with one attached hydrogen (secondary N) is 1. The molecule has 0 spiro atoms. The van der Waals surface area contributed by atoms with E-state index in [4.69, 9.17) is 28.5 Å². The van der Waals surface area contributed by atoms with Gasteiger partial charge in [-0.3, -0.25) is 4.79 Å². The number of rotatable bonds is 3. The number of halogens is 2. The first kappa shape index (κ1) is 17.9. The van der Waals surface area contributed by atoms with Gasteiger partial charge in [0.05, 0.1) is 17.1 Å². The summed E-state index contributed by atoms with van der Waals surface area (Å²) in [4.78, 5) is 11.6. The standard InChI is InChI=1S/C18H13Cl2N5O/c1-10-15(9-21)18(26)23-22-16(10)7-6-14-11(2)24-25(17(14)20)13-5-3-4-12(19)8-13/h3-8H,1-2H3,(H,23,26)/b7-6+. The van der Waals surface area contributed by atoms with Crippen LogP contribution in [0.1, 0.15) is 28.1 Å². The average molecular weight is 386 g/mol. The normalized spacial score (nSPS) is 11.0. The molecule has 0 bridgehead atoms. The zero-order valence-electron chi connectivity index (χ0n) is 13.9. The summed E-state index contributed by atoms with van der Waals surface area (Å²) < 4.78 is 1.59. The predicted molar refractivity (Wildman–Crippen MR) is 102 cm³/mol. The molecule has 0 aliphatic carbocycles. The molecule has 0 saturated carbocycles. The van der Waals surface area contributed by atoms with Crippen LogP contribution in [0, 0.1) is 25.2 Å². The van der Waals surface area contributed by atoms with Gasteiger partial charge >= 0.3 is 0 Å². The van der Waals surface area contributed by atoms with E-state index in [1.54, 1.807) is 35.9 Å². The summed E-state index contributed by atoms with van der Waals surface area (Å²) in [6.45, 7) is 3.50. The van der Waals surface area contributed by atoms with Crippen molar-refractivity contribution in [2.75, 3.05) is 0 Å². The average Bonchev–Trinajstić information content (AvgIpc) is 2.89. The number of nitriles is 1. The predicted octanol–water partition coefficient (Wildman–Crippen LogP) is 3.92. The van der Waals surface area contributed by atoms with Crippen molar-refractivity contribution in [3.05, 3.63) is 72.9 Å². The van der Waals surface area contributed by atoms with Gasteiger partial charge in [0, 0.05) is 10.6 Å². The SMILES string of the molecule is Cc1nn(-c2cccc(Cl)c2)c(Cl)c1/C=C/c1n[nH]c(=O)c(C#N)c1C. The molecule has 1 N–H and O–H groups in total. The fourth-order valence-electron chi connectivity index (χ4n) is 2.49. The molecule has 0 atom stereocenters. The number of benzene rings is 1. The highest BCUT2D eigenvalue weighted by molar-refractivity contribution is 6.32. The third-order valence-corrected chi connectivity index (χ3v) is 4.48. The van der Waals surface area contributed by atoms with Crippen molar-refractivity contribution in [3.8, 4) is 11.8 Å². The maximum absolute atomic E-state index is 11.6. The first-order valence-electron chi connectivity index (χ1n) is 7.61. The second-order valence-corrected chi connectivity index (χ2v) is 6.36. The molecule has 0 unspecified atom stereocenters. The lowest BCUT2D eigenvalue weighted by Crippen LogP contribution is -2.15. The molecular weight excluding hydrogens is 373 g/mol. The minimum absolute atomic E-state index is 0.0390. The molecule has 3 aromatic rings. The van der Waals surface area contributed by atoms with Crippen molar-refractivity contribution >= 4 is 35.4 Å². The fraction of sp³-hybridized carbons (Fsp3) is 0.111. The van der Waals surface area contributed by atoms with Crippen molar-refractivity contribution in [2.45, 2.75) is 13.8 Å². The van der Waals surface area contributed by atoms with Gasteiger partial charge in [-0.15, -0.1) is 0 Å². The molecular formula is C18H13Cl2N5O. The Morgan fingerprint density at radius 1 is 1.27 bits per heavy atom. The van der Waals surface area contributed by atoms with Crippen molar-refractivity contribution in [1.29, 1.82) is 5.26 Å². The fourth-order valence-corrected chi connectivity index (χ4v) is 3.01. The first-order valence-corrected chi connectivity index (χ1v) is 8.36. The lowest BCUT2D eigenvalue weighted by Gasteiger charge is -2.03. The van der Waals surface area contributed by atoms with E-state index in [1.807, 2.05) is 25.1 Å². The zero-order chi connectivity index (χ0) is 18.8. The van der Waals surface area contributed by atoms with Crippen LogP contribution in [0.25, 0.3) is 17.8 Å². The number of nitrogens with zero attached hydrogens (tertiary/aromatic N) is 4. The second-order valence-electron chi connectivity index (χ2n) is 5.56. The molecule has 3 rings (SSSR count). The van der Waals surface area contributed by atoms with E-state index in [0.717, 1.165) is 5.69 Å². The molecule has 6 nitrogen and oxygen atoms in total. The smallest absolute Gasteiger partial charge is 0.267 e. The molecule has 0 aliphatic rings. The Kier molecular flexibility index (Phi) is 4.94. The summed E-state index contributed by atoms with van der Waals surface area (Å²) in [7, 11) is 0. The third kappa shape index (κ3) is 3.27. The second kappa shape index (κ2) is 7.16. The molecule has 1 aromatic carbocycles. The van der Waals surface area contributed by atoms with Crippen LogP contribution in [0.3, 0.4) is 0 Å². The van der Waals surface area contributed by atoms with Crippen LogP contribution in [-0.2, 0) is 0 Å². The number of H-pyrrole nitrogens is 1. The highest BCUT2D eigenvalue weighted by Crippen LogP contribution is 2.26. The molecule has 2 aromatic heterocycles. The van der Waals surface area contributed by atoms with E-state index >= 15 is 0 Å². The van der Waals surface area contributed by atoms with Crippen LogP contribution < -0.4 is 5.56 Å². The molecule has 26 heavy (non-hydrogen) atoms. The summed E-state index contributed by atoms with van der Waals surface area (Å²) in [5, 5.41) is 20.8. The summed E-state index contributed by atoms with van der Waals surface area (Å²) in [6.07, 6.45) is 3.44. The maximum Gasteiger partial charge on any atom is 0.282 e. The molecule has 0 saturated heterocycles.